The predicted molar refractivity (Wildman–Crippen MR) is 134 cm³/mol. The molecule has 2 bridgehead atoms. The third-order valence-electron chi connectivity index (χ3n) is 7.16. The minimum absolute atomic E-state index is 0.0105. The Labute approximate surface area is 216 Å². The van der Waals surface area contributed by atoms with E-state index < -0.39 is 11.7 Å². The molecule has 3 heterocycles. The van der Waals surface area contributed by atoms with E-state index >= 15 is 0 Å². The first-order chi connectivity index (χ1) is 17.7. The fraction of sp³-hybridized carbons (Fsp3) is 0.462. The van der Waals surface area contributed by atoms with Crippen molar-refractivity contribution < 1.29 is 32.2 Å². The van der Waals surface area contributed by atoms with Crippen molar-refractivity contribution >= 4 is 27.5 Å². The smallest absolute Gasteiger partial charge is 0.418 e. The molecule has 1 aromatic heterocycles. The lowest BCUT2D eigenvalue weighted by atomic mass is 9.91. The first-order valence-electron chi connectivity index (χ1n) is 12.0. The molecule has 0 aliphatic carbocycles. The van der Waals surface area contributed by atoms with Gasteiger partial charge in [0, 0.05) is 30.7 Å². The molecule has 2 saturated heterocycles. The number of methoxy groups -OCH3 is 3. The van der Waals surface area contributed by atoms with Gasteiger partial charge in [-0.3, -0.25) is 9.69 Å². The molecule has 0 saturated carbocycles. The van der Waals surface area contributed by atoms with Gasteiger partial charge in [-0.05, 0) is 37.1 Å². The average Bonchev–Trinajstić information content (AvgIpc) is 3.29. The van der Waals surface area contributed by atoms with Gasteiger partial charge in [-0.15, -0.1) is 11.3 Å². The van der Waals surface area contributed by atoms with Crippen LogP contribution >= 0.6 is 11.3 Å². The number of carbonyl (C=O) groups excluding carboxylic acids is 1. The molecule has 2 aliphatic heterocycles. The first kappa shape index (κ1) is 25.6. The lowest BCUT2D eigenvalue weighted by Gasteiger charge is -2.50. The van der Waals surface area contributed by atoms with Crippen LogP contribution in [0.3, 0.4) is 0 Å². The van der Waals surface area contributed by atoms with Crippen molar-refractivity contribution in [3.05, 3.63) is 46.5 Å². The number of nitrogens with zero attached hydrogens (tertiary/aromatic N) is 3. The maximum atomic E-state index is 13.5. The highest BCUT2D eigenvalue weighted by molar-refractivity contribution is 7.18. The third kappa shape index (κ3) is 4.82. The molecular weight excluding hydrogens is 507 g/mol. The number of rotatable bonds is 6. The number of piperidine rings is 1. The Balaban J connectivity index is 1.37. The van der Waals surface area contributed by atoms with Crippen LogP contribution in [0.4, 0.5) is 13.2 Å². The molecule has 37 heavy (non-hydrogen) atoms. The molecule has 2 unspecified atom stereocenters. The molecule has 198 valence electrons. The minimum Gasteiger partial charge on any atom is -0.493 e. The second-order valence-electron chi connectivity index (χ2n) is 9.29. The van der Waals surface area contributed by atoms with Gasteiger partial charge < -0.3 is 19.1 Å². The van der Waals surface area contributed by atoms with Gasteiger partial charge >= 0.3 is 6.18 Å². The van der Waals surface area contributed by atoms with Crippen molar-refractivity contribution in [1.82, 2.24) is 14.8 Å². The van der Waals surface area contributed by atoms with E-state index in [0.717, 1.165) is 25.3 Å². The van der Waals surface area contributed by atoms with Crippen molar-refractivity contribution in [3.8, 4) is 17.2 Å². The van der Waals surface area contributed by atoms with Crippen LogP contribution < -0.4 is 14.2 Å². The van der Waals surface area contributed by atoms with E-state index in [1.54, 1.807) is 18.2 Å². The van der Waals surface area contributed by atoms with E-state index in [9.17, 15) is 18.0 Å². The molecule has 11 heteroatoms. The summed E-state index contributed by atoms with van der Waals surface area (Å²) < 4.78 is 57.1. The molecule has 2 aliphatic rings. The van der Waals surface area contributed by atoms with Crippen LogP contribution in [0, 0.1) is 0 Å². The number of ether oxygens (including phenoxy) is 3. The SMILES string of the molecule is COc1cc(C(=O)N2CC3CCCC(C2)N3Cc2nc3c(C(F)(F)F)cccc3s2)cc(OC)c1OC. The largest absolute Gasteiger partial charge is 0.493 e. The topological polar surface area (TPSA) is 64.1 Å². The first-order valence-corrected chi connectivity index (χ1v) is 12.9. The molecular formula is C26H28F3N3O4S. The van der Waals surface area contributed by atoms with Gasteiger partial charge in [0.05, 0.1) is 43.7 Å². The van der Waals surface area contributed by atoms with Crippen LogP contribution in [-0.2, 0) is 12.7 Å². The second-order valence-corrected chi connectivity index (χ2v) is 10.4. The van der Waals surface area contributed by atoms with E-state index in [4.69, 9.17) is 14.2 Å². The van der Waals surface area contributed by atoms with Gasteiger partial charge in [0.25, 0.3) is 5.91 Å². The van der Waals surface area contributed by atoms with Crippen LogP contribution in [0.5, 0.6) is 17.2 Å². The molecule has 0 N–H and O–H groups in total. The number of hydrogen-bond donors (Lipinski definition) is 0. The summed E-state index contributed by atoms with van der Waals surface area (Å²) in [6.45, 7) is 1.54. The number of hydrogen-bond acceptors (Lipinski definition) is 7. The summed E-state index contributed by atoms with van der Waals surface area (Å²) >= 11 is 1.30. The number of piperazine rings is 1. The van der Waals surface area contributed by atoms with Crippen LogP contribution in [0.1, 0.15) is 40.2 Å². The predicted octanol–water partition coefficient (Wildman–Crippen LogP) is 5.22. The van der Waals surface area contributed by atoms with Crippen LogP contribution in [0.25, 0.3) is 10.2 Å². The zero-order valence-corrected chi connectivity index (χ0v) is 21.6. The fourth-order valence-electron chi connectivity index (χ4n) is 5.45. The number of halogens is 3. The van der Waals surface area contributed by atoms with Gasteiger partial charge in [-0.25, -0.2) is 4.98 Å². The van der Waals surface area contributed by atoms with Crippen LogP contribution in [-0.4, -0.2) is 67.2 Å². The fourth-order valence-corrected chi connectivity index (χ4v) is 6.46. The van der Waals surface area contributed by atoms with Crippen LogP contribution in [0.15, 0.2) is 30.3 Å². The Morgan fingerprint density at radius 2 is 1.70 bits per heavy atom. The van der Waals surface area contributed by atoms with Crippen molar-refractivity contribution in [2.24, 2.45) is 0 Å². The quantitative estimate of drug-likeness (QED) is 0.431. The summed E-state index contributed by atoms with van der Waals surface area (Å²) in [6, 6.07) is 7.71. The normalized spacial score (nSPS) is 20.2. The standard InChI is InChI=1S/C26H28F3N3O4S/c1-34-19-10-15(11-20(35-2)24(19)36-3)25(33)31-12-16-6-4-7-17(13-31)32(16)14-22-30-23-18(26(27,28)29)8-5-9-21(23)37-22/h5,8-11,16-17H,4,6-7,12-14H2,1-3H3. The van der Waals surface area contributed by atoms with Gasteiger partial charge in [-0.1, -0.05) is 12.5 Å². The lowest BCUT2D eigenvalue weighted by molar-refractivity contribution is -0.136. The summed E-state index contributed by atoms with van der Waals surface area (Å²) in [5.74, 6) is 1.13. The van der Waals surface area contributed by atoms with Crippen molar-refractivity contribution in [3.63, 3.8) is 0 Å². The number of amides is 1. The molecule has 2 fully saturated rings. The highest BCUT2D eigenvalue weighted by atomic mass is 32.1. The number of thiazole rings is 1. The summed E-state index contributed by atoms with van der Waals surface area (Å²) in [5.41, 5.74) is -0.239. The van der Waals surface area contributed by atoms with E-state index in [-0.39, 0.29) is 23.5 Å². The molecule has 0 radical (unpaired) electrons. The lowest BCUT2D eigenvalue weighted by Crippen LogP contribution is -2.61. The number of alkyl halides is 3. The van der Waals surface area contributed by atoms with Crippen molar-refractivity contribution in [2.75, 3.05) is 34.4 Å². The number of fused-ring (bicyclic) bond motifs is 3. The van der Waals surface area contributed by atoms with E-state index in [1.165, 1.54) is 38.7 Å². The molecule has 5 rings (SSSR count). The Morgan fingerprint density at radius 1 is 1.05 bits per heavy atom. The zero-order valence-electron chi connectivity index (χ0n) is 20.8. The Bertz CT molecular complexity index is 1270. The molecule has 7 nitrogen and oxygen atoms in total. The zero-order chi connectivity index (χ0) is 26.3. The maximum Gasteiger partial charge on any atom is 0.418 e. The molecule has 1 amide bonds. The number of carbonyl (C=O) groups is 1. The summed E-state index contributed by atoms with van der Waals surface area (Å²) in [4.78, 5) is 22.1. The maximum absolute atomic E-state index is 13.5. The van der Waals surface area contributed by atoms with Crippen molar-refractivity contribution in [2.45, 2.75) is 44.1 Å². The highest BCUT2D eigenvalue weighted by Gasteiger charge is 2.40. The molecule has 3 aromatic rings. The van der Waals surface area contributed by atoms with Crippen molar-refractivity contribution in [1.29, 1.82) is 0 Å². The Hall–Kier alpha value is -3.05. The van der Waals surface area contributed by atoms with E-state index in [1.807, 2.05) is 4.90 Å². The van der Waals surface area contributed by atoms with E-state index in [2.05, 4.69) is 9.88 Å². The van der Waals surface area contributed by atoms with Gasteiger partial charge in [0.1, 0.15) is 5.01 Å². The van der Waals surface area contributed by atoms with Gasteiger partial charge in [0.2, 0.25) is 5.75 Å². The Kier molecular flexibility index (Phi) is 6.93. The number of para-hydroxylation sites is 1. The third-order valence-corrected chi connectivity index (χ3v) is 8.17. The summed E-state index contributed by atoms with van der Waals surface area (Å²) in [7, 11) is 4.53. The second kappa shape index (κ2) is 10.0. The van der Waals surface area contributed by atoms with E-state index in [0.29, 0.717) is 52.2 Å². The van der Waals surface area contributed by atoms with Gasteiger partial charge in [-0.2, -0.15) is 13.2 Å². The molecule has 0 spiro atoms. The highest BCUT2D eigenvalue weighted by Crippen LogP contribution is 2.40. The summed E-state index contributed by atoms with van der Waals surface area (Å²) in [5, 5.41) is 0.660. The molecule has 2 atom stereocenters. The number of likely N-dealkylation sites (tertiary alicyclic amines) is 1. The number of benzene rings is 2. The average molecular weight is 536 g/mol. The molecule has 2 aromatic carbocycles. The Morgan fingerprint density at radius 3 is 2.27 bits per heavy atom. The summed E-state index contributed by atoms with van der Waals surface area (Å²) in [6.07, 6.45) is -1.57. The van der Waals surface area contributed by atoms with Crippen LogP contribution in [0.2, 0.25) is 0 Å². The number of aromatic nitrogens is 1. The monoisotopic (exact) mass is 535 g/mol. The van der Waals surface area contributed by atoms with Gasteiger partial charge in [0.15, 0.2) is 11.5 Å². The minimum atomic E-state index is -4.44.